The first-order valence-electron chi connectivity index (χ1n) is 6.10. The summed E-state index contributed by atoms with van der Waals surface area (Å²) in [7, 11) is 0. The molecule has 1 aliphatic rings. The highest BCUT2D eigenvalue weighted by atomic mass is 35.5. The number of aromatic nitrogens is 1. The van der Waals surface area contributed by atoms with Gasteiger partial charge in [-0.1, -0.05) is 18.5 Å². The van der Waals surface area contributed by atoms with Crippen molar-refractivity contribution in [2.45, 2.75) is 44.7 Å². The Morgan fingerprint density at radius 1 is 1.59 bits per heavy atom. The second-order valence-electron chi connectivity index (χ2n) is 5.03. The summed E-state index contributed by atoms with van der Waals surface area (Å²) in [4.78, 5) is 4.22. The SMILES string of the molecule is CC1CCC(CO)(NCc2ncc(Cl)s2)CC1. The minimum Gasteiger partial charge on any atom is -0.394 e. The summed E-state index contributed by atoms with van der Waals surface area (Å²) >= 11 is 7.34. The maximum atomic E-state index is 9.61. The van der Waals surface area contributed by atoms with Crippen molar-refractivity contribution in [2.24, 2.45) is 5.92 Å². The molecule has 0 atom stereocenters. The Kier molecular flexibility index (Phi) is 4.42. The number of aliphatic hydroxyl groups excluding tert-OH is 1. The van der Waals surface area contributed by atoms with E-state index in [0.717, 1.165) is 28.1 Å². The molecule has 0 bridgehead atoms. The molecular formula is C12H19ClN2OS. The van der Waals surface area contributed by atoms with Crippen LogP contribution in [0.2, 0.25) is 4.34 Å². The fourth-order valence-corrected chi connectivity index (χ4v) is 3.23. The van der Waals surface area contributed by atoms with Gasteiger partial charge in [-0.15, -0.1) is 11.3 Å². The van der Waals surface area contributed by atoms with E-state index in [1.165, 1.54) is 24.2 Å². The number of halogens is 1. The van der Waals surface area contributed by atoms with Gasteiger partial charge in [0.1, 0.15) is 9.34 Å². The minimum atomic E-state index is -0.106. The maximum Gasteiger partial charge on any atom is 0.113 e. The first kappa shape index (κ1) is 13.3. The predicted molar refractivity (Wildman–Crippen MR) is 71.4 cm³/mol. The van der Waals surface area contributed by atoms with Crippen molar-refractivity contribution in [3.8, 4) is 0 Å². The molecule has 5 heteroatoms. The van der Waals surface area contributed by atoms with Gasteiger partial charge >= 0.3 is 0 Å². The van der Waals surface area contributed by atoms with Crippen LogP contribution in [0.15, 0.2) is 6.20 Å². The van der Waals surface area contributed by atoms with E-state index in [1.807, 2.05) is 0 Å². The number of nitrogens with one attached hydrogen (secondary N) is 1. The molecule has 1 aromatic rings. The second kappa shape index (κ2) is 5.65. The molecule has 1 saturated carbocycles. The van der Waals surface area contributed by atoms with Crippen molar-refractivity contribution in [2.75, 3.05) is 6.61 Å². The standard InChI is InChI=1S/C12H19ClN2OS/c1-9-2-4-12(8-16,5-3-9)15-7-11-14-6-10(13)17-11/h6,9,15-16H,2-5,7-8H2,1H3. The van der Waals surface area contributed by atoms with Crippen LogP contribution in [0, 0.1) is 5.92 Å². The Bertz CT molecular complexity index is 361. The van der Waals surface area contributed by atoms with Gasteiger partial charge in [0.15, 0.2) is 0 Å². The Morgan fingerprint density at radius 3 is 2.82 bits per heavy atom. The van der Waals surface area contributed by atoms with E-state index >= 15 is 0 Å². The highest BCUT2D eigenvalue weighted by molar-refractivity contribution is 7.15. The summed E-state index contributed by atoms with van der Waals surface area (Å²) < 4.78 is 0.720. The van der Waals surface area contributed by atoms with Crippen LogP contribution in [0.1, 0.15) is 37.6 Å². The van der Waals surface area contributed by atoms with Gasteiger partial charge in [0.25, 0.3) is 0 Å². The summed E-state index contributed by atoms with van der Waals surface area (Å²) in [6.45, 7) is 3.19. The molecule has 1 aromatic heterocycles. The topological polar surface area (TPSA) is 45.1 Å². The average molecular weight is 275 g/mol. The maximum absolute atomic E-state index is 9.61. The first-order chi connectivity index (χ1) is 8.13. The molecule has 0 saturated heterocycles. The molecule has 96 valence electrons. The van der Waals surface area contributed by atoms with E-state index in [2.05, 4.69) is 17.2 Å². The third-order valence-corrected chi connectivity index (χ3v) is 4.79. The third kappa shape index (κ3) is 3.41. The average Bonchev–Trinajstić information content (AvgIpc) is 2.75. The summed E-state index contributed by atoms with van der Waals surface area (Å²) in [6.07, 6.45) is 6.14. The molecule has 0 aliphatic heterocycles. The smallest absolute Gasteiger partial charge is 0.113 e. The first-order valence-corrected chi connectivity index (χ1v) is 7.29. The quantitative estimate of drug-likeness (QED) is 0.887. The molecule has 1 aliphatic carbocycles. The summed E-state index contributed by atoms with van der Waals surface area (Å²) in [5, 5.41) is 14.1. The number of thiazole rings is 1. The molecule has 17 heavy (non-hydrogen) atoms. The lowest BCUT2D eigenvalue weighted by molar-refractivity contribution is 0.104. The van der Waals surface area contributed by atoms with Crippen molar-refractivity contribution in [3.05, 3.63) is 15.5 Å². The second-order valence-corrected chi connectivity index (χ2v) is 6.78. The van der Waals surface area contributed by atoms with Crippen LogP contribution >= 0.6 is 22.9 Å². The van der Waals surface area contributed by atoms with Crippen molar-refractivity contribution in [1.29, 1.82) is 0 Å². The Morgan fingerprint density at radius 2 is 2.29 bits per heavy atom. The minimum absolute atomic E-state index is 0.106. The number of aliphatic hydroxyl groups is 1. The van der Waals surface area contributed by atoms with E-state index in [-0.39, 0.29) is 12.1 Å². The number of rotatable bonds is 4. The molecule has 0 unspecified atom stereocenters. The monoisotopic (exact) mass is 274 g/mol. The van der Waals surface area contributed by atoms with Crippen LogP contribution in [-0.4, -0.2) is 22.2 Å². The molecule has 0 radical (unpaired) electrons. The van der Waals surface area contributed by atoms with Crippen LogP contribution in [0.25, 0.3) is 0 Å². The van der Waals surface area contributed by atoms with E-state index in [4.69, 9.17) is 11.6 Å². The lowest BCUT2D eigenvalue weighted by Crippen LogP contribution is -2.50. The number of nitrogens with zero attached hydrogens (tertiary/aromatic N) is 1. The van der Waals surface area contributed by atoms with Crippen LogP contribution in [0.5, 0.6) is 0 Å². The van der Waals surface area contributed by atoms with Crippen molar-refractivity contribution < 1.29 is 5.11 Å². The summed E-state index contributed by atoms with van der Waals surface area (Å²) in [5.74, 6) is 0.783. The van der Waals surface area contributed by atoms with Crippen LogP contribution in [0.3, 0.4) is 0 Å². The van der Waals surface area contributed by atoms with Crippen molar-refractivity contribution >= 4 is 22.9 Å². The van der Waals surface area contributed by atoms with Gasteiger partial charge in [0, 0.05) is 12.1 Å². The van der Waals surface area contributed by atoms with Crippen LogP contribution in [-0.2, 0) is 6.54 Å². The largest absolute Gasteiger partial charge is 0.394 e. The zero-order valence-corrected chi connectivity index (χ0v) is 11.7. The van der Waals surface area contributed by atoms with Gasteiger partial charge in [0.05, 0.1) is 12.8 Å². The van der Waals surface area contributed by atoms with Crippen LogP contribution < -0.4 is 5.32 Å². The van der Waals surface area contributed by atoms with E-state index in [0.29, 0.717) is 6.54 Å². The fourth-order valence-electron chi connectivity index (χ4n) is 2.34. The Hall–Kier alpha value is -0.160. The van der Waals surface area contributed by atoms with Gasteiger partial charge in [-0.05, 0) is 31.6 Å². The predicted octanol–water partition coefficient (Wildman–Crippen LogP) is 2.83. The zero-order chi connectivity index (χ0) is 12.3. The fraction of sp³-hybridized carbons (Fsp3) is 0.750. The van der Waals surface area contributed by atoms with E-state index in [1.54, 1.807) is 6.20 Å². The van der Waals surface area contributed by atoms with Crippen LogP contribution in [0.4, 0.5) is 0 Å². The summed E-state index contributed by atoms with van der Waals surface area (Å²) in [6, 6.07) is 0. The molecule has 2 N–H and O–H groups in total. The van der Waals surface area contributed by atoms with Gasteiger partial charge in [-0.3, -0.25) is 0 Å². The molecule has 0 aromatic carbocycles. The Labute approximate surface area is 111 Å². The molecule has 0 spiro atoms. The van der Waals surface area contributed by atoms with Crippen molar-refractivity contribution in [1.82, 2.24) is 10.3 Å². The number of hydrogen-bond donors (Lipinski definition) is 2. The lowest BCUT2D eigenvalue weighted by atomic mass is 9.77. The summed E-state index contributed by atoms with van der Waals surface area (Å²) in [5.41, 5.74) is -0.106. The van der Waals surface area contributed by atoms with Gasteiger partial charge in [-0.25, -0.2) is 4.98 Å². The van der Waals surface area contributed by atoms with E-state index in [9.17, 15) is 5.11 Å². The molecular weight excluding hydrogens is 256 g/mol. The normalized spacial score (nSPS) is 29.5. The third-order valence-electron chi connectivity index (χ3n) is 3.67. The molecule has 1 heterocycles. The lowest BCUT2D eigenvalue weighted by Gasteiger charge is -2.38. The molecule has 3 nitrogen and oxygen atoms in total. The van der Waals surface area contributed by atoms with E-state index < -0.39 is 0 Å². The zero-order valence-electron chi connectivity index (χ0n) is 10.1. The highest BCUT2D eigenvalue weighted by Crippen LogP contribution is 2.32. The van der Waals surface area contributed by atoms with Gasteiger partial charge in [-0.2, -0.15) is 0 Å². The highest BCUT2D eigenvalue weighted by Gasteiger charge is 2.33. The number of hydrogen-bond acceptors (Lipinski definition) is 4. The molecule has 1 fully saturated rings. The van der Waals surface area contributed by atoms with Gasteiger partial charge in [0.2, 0.25) is 0 Å². The van der Waals surface area contributed by atoms with Crippen molar-refractivity contribution in [3.63, 3.8) is 0 Å². The molecule has 0 amide bonds. The molecule has 2 rings (SSSR count). The Balaban J connectivity index is 1.91. The van der Waals surface area contributed by atoms with Gasteiger partial charge < -0.3 is 10.4 Å².